The van der Waals surface area contributed by atoms with E-state index in [1.807, 2.05) is 27.7 Å². The lowest BCUT2D eigenvalue weighted by Gasteiger charge is -2.36. The van der Waals surface area contributed by atoms with Gasteiger partial charge in [0.25, 0.3) is 0 Å². The minimum atomic E-state index is -0.982. The van der Waals surface area contributed by atoms with E-state index in [9.17, 15) is 0 Å². The zero-order chi connectivity index (χ0) is 18.7. The topological polar surface area (TPSA) is 36.9 Å². The van der Waals surface area contributed by atoms with E-state index in [0.29, 0.717) is 0 Å². The molecule has 23 heavy (non-hydrogen) atoms. The van der Waals surface area contributed by atoms with Crippen molar-refractivity contribution in [3.8, 4) is 0 Å². The van der Waals surface area contributed by atoms with Crippen LogP contribution < -0.4 is 0 Å². The zero-order valence-corrected chi connectivity index (χ0v) is 17.5. The van der Waals surface area contributed by atoms with Crippen LogP contribution in [-0.2, 0) is 19.6 Å². The molecule has 0 rings (SSSR count). The van der Waals surface area contributed by atoms with Gasteiger partial charge in [-0.3, -0.25) is 0 Å². The molecule has 0 aliphatic heterocycles. The molecule has 0 aliphatic carbocycles. The van der Waals surface area contributed by atoms with Crippen LogP contribution in [0.1, 0.15) is 95.9 Å². The standard InChI is InChI=1S/C19H40O4/c1-15(2,3)13-17(7,8)20-22-19(11,12)23-21-18(9,10)14-16(4,5)6/h13-14H2,1-12H3. The summed E-state index contributed by atoms with van der Waals surface area (Å²) in [5.74, 6) is -0.982. The normalized spacial score (nSPS) is 15.1. The molecule has 0 amide bonds. The van der Waals surface area contributed by atoms with Crippen molar-refractivity contribution in [2.45, 2.75) is 113 Å². The highest BCUT2D eigenvalue weighted by Gasteiger charge is 2.34. The van der Waals surface area contributed by atoms with Crippen molar-refractivity contribution in [1.82, 2.24) is 0 Å². The molecule has 0 aromatic carbocycles. The summed E-state index contributed by atoms with van der Waals surface area (Å²) in [6.07, 6.45) is 1.74. The largest absolute Gasteiger partial charge is 0.228 e. The molecule has 0 bridgehead atoms. The van der Waals surface area contributed by atoms with Gasteiger partial charge in [0.05, 0.1) is 11.2 Å². The number of rotatable bonds is 8. The predicted molar refractivity (Wildman–Crippen MR) is 94.7 cm³/mol. The van der Waals surface area contributed by atoms with Gasteiger partial charge in [-0.05, 0) is 65.2 Å². The van der Waals surface area contributed by atoms with Crippen LogP contribution in [0.15, 0.2) is 0 Å². The third-order valence-corrected chi connectivity index (χ3v) is 2.85. The van der Waals surface area contributed by atoms with Crippen molar-refractivity contribution >= 4 is 0 Å². The molecule has 0 aromatic heterocycles. The first kappa shape index (κ1) is 22.8. The van der Waals surface area contributed by atoms with E-state index in [4.69, 9.17) is 19.6 Å². The van der Waals surface area contributed by atoms with E-state index in [0.717, 1.165) is 12.8 Å². The maximum atomic E-state index is 5.63. The molecule has 0 atom stereocenters. The van der Waals surface area contributed by atoms with E-state index in [1.54, 1.807) is 13.8 Å². The van der Waals surface area contributed by atoms with Gasteiger partial charge in [-0.25, -0.2) is 9.78 Å². The van der Waals surface area contributed by atoms with Gasteiger partial charge in [-0.15, -0.1) is 0 Å². The molecule has 4 heteroatoms. The maximum Gasteiger partial charge on any atom is 0.228 e. The summed E-state index contributed by atoms with van der Waals surface area (Å²) in [5.41, 5.74) is -0.494. The molecule has 0 heterocycles. The van der Waals surface area contributed by atoms with Crippen LogP contribution in [0.25, 0.3) is 0 Å². The van der Waals surface area contributed by atoms with Crippen molar-refractivity contribution in [2.75, 3.05) is 0 Å². The van der Waals surface area contributed by atoms with Gasteiger partial charge >= 0.3 is 0 Å². The molecule has 0 radical (unpaired) electrons. The highest BCUT2D eigenvalue weighted by molar-refractivity contribution is 4.77. The third kappa shape index (κ3) is 12.9. The Morgan fingerprint density at radius 2 is 0.696 bits per heavy atom. The Kier molecular flexibility index (Phi) is 7.33. The second kappa shape index (κ2) is 7.38. The Balaban J connectivity index is 4.49. The minimum Gasteiger partial charge on any atom is -0.228 e. The minimum absolute atomic E-state index is 0.156. The molecule has 0 N–H and O–H groups in total. The van der Waals surface area contributed by atoms with Crippen LogP contribution in [0.5, 0.6) is 0 Å². The molecule has 0 saturated carbocycles. The van der Waals surface area contributed by atoms with E-state index >= 15 is 0 Å². The molecular weight excluding hydrogens is 292 g/mol. The van der Waals surface area contributed by atoms with Crippen molar-refractivity contribution in [3.05, 3.63) is 0 Å². The van der Waals surface area contributed by atoms with E-state index in [-0.39, 0.29) is 10.8 Å². The van der Waals surface area contributed by atoms with Crippen LogP contribution in [-0.4, -0.2) is 17.0 Å². The fraction of sp³-hybridized carbons (Fsp3) is 1.00. The summed E-state index contributed by atoms with van der Waals surface area (Å²) in [6, 6.07) is 0. The highest BCUT2D eigenvalue weighted by Crippen LogP contribution is 2.33. The van der Waals surface area contributed by atoms with Gasteiger partial charge in [-0.1, -0.05) is 41.5 Å². The van der Waals surface area contributed by atoms with Gasteiger partial charge in [0.2, 0.25) is 5.79 Å². The lowest BCUT2D eigenvalue weighted by Crippen LogP contribution is -2.39. The molecule has 140 valence electrons. The van der Waals surface area contributed by atoms with Gasteiger partial charge < -0.3 is 0 Å². The Hall–Kier alpha value is -0.160. The van der Waals surface area contributed by atoms with Crippen molar-refractivity contribution in [3.63, 3.8) is 0 Å². The smallest absolute Gasteiger partial charge is 0.228 e. The first-order chi connectivity index (χ1) is 9.83. The SMILES string of the molecule is CC(C)(C)CC(C)(C)OOC(C)(C)OOC(C)(C)CC(C)(C)C. The van der Waals surface area contributed by atoms with Crippen LogP contribution in [0.4, 0.5) is 0 Å². The average Bonchev–Trinajstić information content (AvgIpc) is 2.18. The molecular formula is C19H40O4. The van der Waals surface area contributed by atoms with Crippen LogP contribution in [0.2, 0.25) is 0 Å². The molecule has 0 fully saturated rings. The fourth-order valence-corrected chi connectivity index (χ4v) is 3.05. The predicted octanol–water partition coefficient (Wildman–Crippen LogP) is 6.05. The van der Waals surface area contributed by atoms with Crippen molar-refractivity contribution in [1.29, 1.82) is 0 Å². The maximum absolute atomic E-state index is 5.63. The number of hydrogen-bond donors (Lipinski definition) is 0. The molecule has 0 aromatic rings. The molecule has 0 saturated heterocycles. The van der Waals surface area contributed by atoms with Crippen molar-refractivity contribution < 1.29 is 19.6 Å². The lowest BCUT2D eigenvalue weighted by molar-refractivity contribution is -0.535. The second-order valence-electron chi connectivity index (χ2n) is 10.7. The monoisotopic (exact) mass is 332 g/mol. The lowest BCUT2D eigenvalue weighted by atomic mass is 9.84. The summed E-state index contributed by atoms with van der Waals surface area (Å²) in [6.45, 7) is 24.7. The van der Waals surface area contributed by atoms with Gasteiger partial charge in [0.15, 0.2) is 0 Å². The molecule has 0 aliphatic rings. The summed E-state index contributed by atoms with van der Waals surface area (Å²) in [7, 11) is 0. The molecule has 0 unspecified atom stereocenters. The van der Waals surface area contributed by atoms with E-state index in [1.165, 1.54) is 0 Å². The van der Waals surface area contributed by atoms with E-state index < -0.39 is 17.0 Å². The zero-order valence-electron chi connectivity index (χ0n) is 17.5. The van der Waals surface area contributed by atoms with Crippen LogP contribution in [0, 0.1) is 10.8 Å². The van der Waals surface area contributed by atoms with Crippen molar-refractivity contribution in [2.24, 2.45) is 10.8 Å². The molecule has 4 nitrogen and oxygen atoms in total. The van der Waals surface area contributed by atoms with Crippen LogP contribution >= 0.6 is 0 Å². The summed E-state index contributed by atoms with van der Waals surface area (Å²) in [5, 5.41) is 0. The van der Waals surface area contributed by atoms with Gasteiger partial charge in [0, 0.05) is 0 Å². The van der Waals surface area contributed by atoms with Gasteiger partial charge in [0.1, 0.15) is 0 Å². The quantitative estimate of drug-likeness (QED) is 0.308. The fourth-order valence-electron chi connectivity index (χ4n) is 3.05. The van der Waals surface area contributed by atoms with Gasteiger partial charge in [-0.2, -0.15) is 9.78 Å². The third-order valence-electron chi connectivity index (χ3n) is 2.85. The number of hydrogen-bond acceptors (Lipinski definition) is 4. The first-order valence-corrected chi connectivity index (χ1v) is 8.56. The van der Waals surface area contributed by atoms with Crippen LogP contribution in [0.3, 0.4) is 0 Å². The molecule has 0 spiro atoms. The summed E-state index contributed by atoms with van der Waals surface area (Å²) < 4.78 is 0. The Labute approximate surface area is 144 Å². The first-order valence-electron chi connectivity index (χ1n) is 8.56. The summed E-state index contributed by atoms with van der Waals surface area (Å²) >= 11 is 0. The second-order valence-corrected chi connectivity index (χ2v) is 10.7. The summed E-state index contributed by atoms with van der Waals surface area (Å²) in [4.78, 5) is 22.3. The Morgan fingerprint density at radius 3 is 0.913 bits per heavy atom. The Bertz CT molecular complexity index is 323. The average molecular weight is 333 g/mol. The Morgan fingerprint density at radius 1 is 0.435 bits per heavy atom. The highest BCUT2D eigenvalue weighted by atomic mass is 17.3. The van der Waals surface area contributed by atoms with E-state index in [2.05, 4.69) is 41.5 Å².